The molecule has 0 atom stereocenters. The first-order valence-corrected chi connectivity index (χ1v) is 18.9. The lowest BCUT2D eigenvalue weighted by Crippen LogP contribution is -2.18. The van der Waals surface area contributed by atoms with E-state index in [1.807, 2.05) is 55.5 Å². The zero-order valence-corrected chi connectivity index (χ0v) is 31.6. The van der Waals surface area contributed by atoms with Crippen molar-refractivity contribution in [2.24, 2.45) is 0 Å². The Bertz CT molecular complexity index is 2420. The number of benzene rings is 3. The van der Waals surface area contributed by atoms with E-state index in [2.05, 4.69) is 41.5 Å². The molecule has 5 heterocycles. The summed E-state index contributed by atoms with van der Waals surface area (Å²) in [6, 6.07) is 18.6. The zero-order valence-electron chi connectivity index (χ0n) is 30.0. The third-order valence-electron chi connectivity index (χ3n) is 9.20. The molecule has 8 nitrogen and oxygen atoms in total. The summed E-state index contributed by atoms with van der Waals surface area (Å²) in [6.07, 6.45) is 0. The SMILES string of the molecule is CCOc1c(C(C)(C)C)sc(-c2ccc(C3=c4cc5c(cc4OC3=O)=C(c3ccc(-c4sc(C(C)(C)C)c6c4OCCO6)cc3)C(=O)O5)cc2)c1O. The Morgan fingerprint density at radius 2 is 1.10 bits per heavy atom. The minimum atomic E-state index is -0.489. The molecule has 0 saturated carbocycles. The topological polar surface area (TPSA) is 101 Å². The van der Waals surface area contributed by atoms with Gasteiger partial charge in [-0.1, -0.05) is 90.1 Å². The quantitative estimate of drug-likeness (QED) is 0.139. The number of fused-ring (bicyclic) bond motifs is 3. The lowest BCUT2D eigenvalue weighted by Gasteiger charge is -2.22. The summed E-state index contributed by atoms with van der Waals surface area (Å²) < 4.78 is 29.5. The Labute approximate surface area is 309 Å². The molecule has 3 aliphatic rings. The van der Waals surface area contributed by atoms with E-state index in [0.29, 0.717) is 74.7 Å². The van der Waals surface area contributed by atoms with Crippen molar-refractivity contribution in [1.82, 2.24) is 0 Å². The van der Waals surface area contributed by atoms with Gasteiger partial charge in [-0.2, -0.15) is 0 Å². The van der Waals surface area contributed by atoms with Crippen molar-refractivity contribution in [3.63, 3.8) is 0 Å². The molecular formula is C42H38O8S2. The number of ether oxygens (including phenoxy) is 5. The third kappa shape index (κ3) is 5.56. The van der Waals surface area contributed by atoms with Crippen molar-refractivity contribution in [3.8, 4) is 55.4 Å². The van der Waals surface area contributed by atoms with Crippen LogP contribution in [0.2, 0.25) is 0 Å². The molecule has 52 heavy (non-hydrogen) atoms. The van der Waals surface area contributed by atoms with Gasteiger partial charge in [-0.3, -0.25) is 0 Å². The fourth-order valence-corrected chi connectivity index (χ4v) is 9.23. The number of rotatable bonds is 6. The number of carbonyl (C=O) groups excluding carboxylic acids is 2. The van der Waals surface area contributed by atoms with Crippen LogP contribution in [0.25, 0.3) is 32.0 Å². The van der Waals surface area contributed by atoms with Crippen LogP contribution in [0.1, 0.15) is 69.3 Å². The molecule has 2 aromatic heterocycles. The molecule has 5 aromatic rings. The highest BCUT2D eigenvalue weighted by Gasteiger charge is 2.34. The standard InChI is InChI=1S/C42H38O8S2/c1-8-46-32-31(43)35(51-37(32)41(2,3)4)23-13-9-21(10-14-23)29-25-19-28-26(20-27(25)49-39(29)44)30(40(45)50-28)22-11-15-24(16-12-22)36-33-34(48-18-17-47-33)38(52-36)42(5,6)7/h9-16,19-20,43H,8,17-18H2,1-7H3. The van der Waals surface area contributed by atoms with E-state index in [1.165, 1.54) is 11.3 Å². The molecule has 266 valence electrons. The van der Waals surface area contributed by atoms with Crippen LogP contribution in [0.5, 0.6) is 34.5 Å². The maximum absolute atomic E-state index is 13.3. The number of hydrogen-bond acceptors (Lipinski definition) is 10. The highest BCUT2D eigenvalue weighted by atomic mass is 32.1. The number of aromatic hydroxyl groups is 1. The van der Waals surface area contributed by atoms with Gasteiger partial charge in [0.15, 0.2) is 23.0 Å². The number of thiophene rings is 2. The highest BCUT2D eigenvalue weighted by Crippen LogP contribution is 2.54. The van der Waals surface area contributed by atoms with Crippen LogP contribution in [0, 0.1) is 0 Å². The molecule has 0 unspecified atom stereocenters. The molecule has 0 spiro atoms. The first-order valence-electron chi connectivity index (χ1n) is 17.2. The van der Waals surface area contributed by atoms with E-state index in [0.717, 1.165) is 37.3 Å². The highest BCUT2D eigenvalue weighted by molar-refractivity contribution is 7.16. The van der Waals surface area contributed by atoms with Crippen LogP contribution >= 0.6 is 22.7 Å². The fourth-order valence-electron chi connectivity index (χ4n) is 6.77. The Balaban J connectivity index is 1.15. The normalized spacial score (nSPS) is 15.1. The lowest BCUT2D eigenvalue weighted by molar-refractivity contribution is -0.128. The minimum absolute atomic E-state index is 0.107. The van der Waals surface area contributed by atoms with Crippen molar-refractivity contribution >= 4 is 45.8 Å². The van der Waals surface area contributed by atoms with Gasteiger partial charge in [0.25, 0.3) is 0 Å². The second-order valence-electron chi connectivity index (χ2n) is 15.0. The summed E-state index contributed by atoms with van der Waals surface area (Å²) in [4.78, 5) is 30.4. The molecule has 0 radical (unpaired) electrons. The van der Waals surface area contributed by atoms with E-state index in [4.69, 9.17) is 23.7 Å². The number of hydrogen-bond donors (Lipinski definition) is 1. The van der Waals surface area contributed by atoms with Gasteiger partial charge in [0.05, 0.1) is 37.3 Å². The summed E-state index contributed by atoms with van der Waals surface area (Å²) in [5.41, 5.74) is 3.56. The second kappa shape index (κ2) is 12.3. The third-order valence-corrected chi connectivity index (χ3v) is 12.5. The monoisotopic (exact) mass is 734 g/mol. The Morgan fingerprint density at radius 3 is 1.58 bits per heavy atom. The van der Waals surface area contributed by atoms with Gasteiger partial charge in [0.2, 0.25) is 0 Å². The predicted octanol–water partition coefficient (Wildman–Crippen LogP) is 7.85. The average molecular weight is 735 g/mol. The van der Waals surface area contributed by atoms with Gasteiger partial charge in [-0.25, -0.2) is 9.59 Å². The van der Waals surface area contributed by atoms with E-state index in [1.54, 1.807) is 23.5 Å². The Kier molecular flexibility index (Phi) is 8.04. The van der Waals surface area contributed by atoms with Crippen molar-refractivity contribution in [2.75, 3.05) is 19.8 Å². The maximum Gasteiger partial charge on any atom is 0.344 e. The van der Waals surface area contributed by atoms with Crippen LogP contribution in [-0.4, -0.2) is 36.9 Å². The zero-order chi connectivity index (χ0) is 36.7. The molecule has 0 saturated heterocycles. The van der Waals surface area contributed by atoms with Gasteiger partial charge in [0, 0.05) is 21.3 Å². The summed E-state index contributed by atoms with van der Waals surface area (Å²) in [5.74, 6) is 1.97. The van der Waals surface area contributed by atoms with Gasteiger partial charge in [-0.15, -0.1) is 22.7 Å². The average Bonchev–Trinajstić information content (AvgIpc) is 3.83. The van der Waals surface area contributed by atoms with E-state index >= 15 is 0 Å². The van der Waals surface area contributed by atoms with E-state index in [-0.39, 0.29) is 16.6 Å². The van der Waals surface area contributed by atoms with Crippen LogP contribution < -0.4 is 34.1 Å². The molecule has 0 amide bonds. The molecule has 8 rings (SSSR count). The van der Waals surface area contributed by atoms with Crippen LogP contribution in [0.15, 0.2) is 60.7 Å². The smallest absolute Gasteiger partial charge is 0.344 e. The van der Waals surface area contributed by atoms with Gasteiger partial charge in [-0.05, 0) is 41.3 Å². The van der Waals surface area contributed by atoms with E-state index < -0.39 is 11.9 Å². The predicted molar refractivity (Wildman–Crippen MR) is 203 cm³/mol. The van der Waals surface area contributed by atoms with E-state index in [9.17, 15) is 14.7 Å². The summed E-state index contributed by atoms with van der Waals surface area (Å²) in [5, 5.41) is 12.2. The molecule has 0 fully saturated rings. The maximum atomic E-state index is 13.3. The van der Waals surface area contributed by atoms with Crippen molar-refractivity contribution in [3.05, 3.63) is 92.0 Å². The molecular weight excluding hydrogens is 697 g/mol. The number of carbonyl (C=O) groups is 2. The summed E-state index contributed by atoms with van der Waals surface area (Å²) >= 11 is 3.16. The largest absolute Gasteiger partial charge is 0.503 e. The molecule has 0 bridgehead atoms. The van der Waals surface area contributed by atoms with Gasteiger partial charge in [0.1, 0.15) is 24.7 Å². The summed E-state index contributed by atoms with van der Waals surface area (Å²) in [6.45, 7) is 16.1. The first kappa shape index (κ1) is 34.0. The van der Waals surface area contributed by atoms with Crippen molar-refractivity contribution < 1.29 is 38.4 Å². The van der Waals surface area contributed by atoms with Gasteiger partial charge < -0.3 is 28.8 Å². The first-order chi connectivity index (χ1) is 24.7. The van der Waals surface area contributed by atoms with Crippen LogP contribution in [0.3, 0.4) is 0 Å². The molecule has 10 heteroatoms. The minimum Gasteiger partial charge on any atom is -0.503 e. The lowest BCUT2D eigenvalue weighted by atomic mass is 9.93. The van der Waals surface area contributed by atoms with Crippen LogP contribution in [-0.2, 0) is 20.4 Å². The number of esters is 2. The van der Waals surface area contributed by atoms with Crippen LogP contribution in [0.4, 0.5) is 0 Å². The molecule has 1 N–H and O–H groups in total. The van der Waals surface area contributed by atoms with Crippen molar-refractivity contribution in [1.29, 1.82) is 0 Å². The van der Waals surface area contributed by atoms with Crippen molar-refractivity contribution in [2.45, 2.75) is 59.3 Å². The fraction of sp³-hybridized carbons (Fsp3) is 0.286. The molecule has 0 aliphatic carbocycles. The summed E-state index contributed by atoms with van der Waals surface area (Å²) in [7, 11) is 0. The second-order valence-corrected chi connectivity index (χ2v) is 17.1. The molecule has 3 aliphatic heterocycles. The Hall–Kier alpha value is -5.06. The molecule has 3 aromatic carbocycles. The Morgan fingerprint density at radius 1 is 0.654 bits per heavy atom. The van der Waals surface area contributed by atoms with Gasteiger partial charge >= 0.3 is 11.9 Å².